The van der Waals surface area contributed by atoms with Crippen molar-refractivity contribution in [3.05, 3.63) is 30.3 Å². The molecule has 0 aliphatic rings. The average molecular weight is 179 g/mol. The van der Waals surface area contributed by atoms with Gasteiger partial charge in [0.1, 0.15) is 0 Å². The second-order valence-electron chi connectivity index (χ2n) is 2.66. The van der Waals surface area contributed by atoms with Crippen LogP contribution in [0, 0.1) is 0 Å². The molecule has 1 aromatic rings. The fourth-order valence-corrected chi connectivity index (χ4v) is 1.29. The van der Waals surface area contributed by atoms with Crippen molar-refractivity contribution >= 4 is 22.9 Å². The van der Waals surface area contributed by atoms with Crippen LogP contribution < -0.4 is 5.32 Å². The largest absolute Gasteiger partial charge is 0.350 e. The maximum atomic E-state index is 5.12. The Morgan fingerprint density at radius 3 is 2.58 bits per heavy atom. The highest BCUT2D eigenvalue weighted by Gasteiger charge is 1.93. The van der Waals surface area contributed by atoms with Crippen molar-refractivity contribution in [2.75, 3.05) is 5.32 Å². The molecule has 0 bridgehead atoms. The van der Waals surface area contributed by atoms with Gasteiger partial charge in [-0.2, -0.15) is 0 Å². The van der Waals surface area contributed by atoms with Gasteiger partial charge in [0.15, 0.2) is 0 Å². The van der Waals surface area contributed by atoms with Gasteiger partial charge in [0, 0.05) is 5.69 Å². The van der Waals surface area contributed by atoms with Crippen molar-refractivity contribution in [2.45, 2.75) is 19.8 Å². The second kappa shape index (κ2) is 4.88. The van der Waals surface area contributed by atoms with Gasteiger partial charge in [-0.1, -0.05) is 37.3 Å². The molecular formula is C10H13NS. The zero-order valence-corrected chi connectivity index (χ0v) is 8.03. The maximum absolute atomic E-state index is 5.12. The highest BCUT2D eigenvalue weighted by atomic mass is 32.1. The number of thiocarbonyl (C=S) groups is 1. The first-order valence-corrected chi connectivity index (χ1v) is 4.58. The SMILES string of the molecule is CCCC(=S)Nc1ccccc1. The predicted octanol–water partition coefficient (Wildman–Crippen LogP) is 3.23. The number of hydrogen-bond acceptors (Lipinski definition) is 1. The van der Waals surface area contributed by atoms with E-state index < -0.39 is 0 Å². The number of hydrogen-bond donors (Lipinski definition) is 1. The molecule has 1 rings (SSSR count). The van der Waals surface area contributed by atoms with Crippen LogP contribution in [-0.2, 0) is 0 Å². The molecule has 0 radical (unpaired) electrons. The monoisotopic (exact) mass is 179 g/mol. The van der Waals surface area contributed by atoms with E-state index in [1.54, 1.807) is 0 Å². The third kappa shape index (κ3) is 3.01. The Hall–Kier alpha value is -0.890. The number of rotatable bonds is 3. The molecule has 1 nitrogen and oxygen atoms in total. The zero-order valence-electron chi connectivity index (χ0n) is 7.21. The van der Waals surface area contributed by atoms with E-state index in [0.717, 1.165) is 23.5 Å². The average Bonchev–Trinajstić information content (AvgIpc) is 2.06. The van der Waals surface area contributed by atoms with Crippen LogP contribution in [0.25, 0.3) is 0 Å². The minimum atomic E-state index is 0.920. The summed E-state index contributed by atoms with van der Waals surface area (Å²) < 4.78 is 0. The van der Waals surface area contributed by atoms with E-state index >= 15 is 0 Å². The predicted molar refractivity (Wildman–Crippen MR) is 57.6 cm³/mol. The Kier molecular flexibility index (Phi) is 3.74. The lowest BCUT2D eigenvalue weighted by Gasteiger charge is -2.05. The minimum absolute atomic E-state index is 0.920. The highest BCUT2D eigenvalue weighted by Crippen LogP contribution is 2.06. The third-order valence-electron chi connectivity index (χ3n) is 1.53. The molecule has 0 unspecified atom stereocenters. The van der Waals surface area contributed by atoms with Gasteiger partial charge in [-0.3, -0.25) is 0 Å². The second-order valence-corrected chi connectivity index (χ2v) is 3.16. The lowest BCUT2D eigenvalue weighted by atomic mass is 10.3. The van der Waals surface area contributed by atoms with Gasteiger partial charge < -0.3 is 5.32 Å². The van der Waals surface area contributed by atoms with Crippen LogP contribution in [0.15, 0.2) is 30.3 Å². The van der Waals surface area contributed by atoms with Crippen LogP contribution in [0.1, 0.15) is 19.8 Å². The quantitative estimate of drug-likeness (QED) is 0.715. The molecule has 0 aliphatic heterocycles. The van der Waals surface area contributed by atoms with Gasteiger partial charge in [0.25, 0.3) is 0 Å². The summed E-state index contributed by atoms with van der Waals surface area (Å²) in [6.07, 6.45) is 2.06. The first-order chi connectivity index (χ1) is 5.83. The van der Waals surface area contributed by atoms with E-state index in [1.807, 2.05) is 30.3 Å². The number of para-hydroxylation sites is 1. The molecule has 0 atom stereocenters. The molecule has 0 spiro atoms. The van der Waals surface area contributed by atoms with Gasteiger partial charge in [0.2, 0.25) is 0 Å². The summed E-state index contributed by atoms with van der Waals surface area (Å²) in [5.41, 5.74) is 1.08. The van der Waals surface area contributed by atoms with Crippen LogP contribution in [0.4, 0.5) is 5.69 Å². The molecule has 12 heavy (non-hydrogen) atoms. The van der Waals surface area contributed by atoms with E-state index in [9.17, 15) is 0 Å². The fraction of sp³-hybridized carbons (Fsp3) is 0.300. The van der Waals surface area contributed by atoms with Crippen molar-refractivity contribution in [1.82, 2.24) is 0 Å². The standard InChI is InChI=1S/C10H13NS/c1-2-6-10(12)11-9-7-4-3-5-8-9/h3-5,7-8H,2,6H2,1H3,(H,11,12). The summed E-state index contributed by atoms with van der Waals surface area (Å²) in [6.45, 7) is 2.12. The summed E-state index contributed by atoms with van der Waals surface area (Å²) in [7, 11) is 0. The third-order valence-corrected chi connectivity index (χ3v) is 1.84. The first kappa shape index (κ1) is 9.20. The lowest BCUT2D eigenvalue weighted by Crippen LogP contribution is -2.07. The molecule has 0 saturated heterocycles. The lowest BCUT2D eigenvalue weighted by molar-refractivity contribution is 1.00. The van der Waals surface area contributed by atoms with Crippen molar-refractivity contribution in [1.29, 1.82) is 0 Å². The van der Waals surface area contributed by atoms with E-state index in [-0.39, 0.29) is 0 Å². The van der Waals surface area contributed by atoms with E-state index in [0.29, 0.717) is 0 Å². The molecule has 0 aromatic heterocycles. The Balaban J connectivity index is 2.47. The van der Waals surface area contributed by atoms with Gasteiger partial charge in [-0.25, -0.2) is 0 Å². The van der Waals surface area contributed by atoms with Gasteiger partial charge >= 0.3 is 0 Å². The topological polar surface area (TPSA) is 12.0 Å². The molecule has 0 heterocycles. The number of anilines is 1. The summed E-state index contributed by atoms with van der Waals surface area (Å²) in [4.78, 5) is 0.920. The molecule has 0 amide bonds. The van der Waals surface area contributed by atoms with Gasteiger partial charge in [0.05, 0.1) is 4.99 Å². The summed E-state index contributed by atoms with van der Waals surface area (Å²) >= 11 is 5.12. The van der Waals surface area contributed by atoms with E-state index in [1.165, 1.54) is 0 Å². The van der Waals surface area contributed by atoms with Crippen molar-refractivity contribution in [3.63, 3.8) is 0 Å². The summed E-state index contributed by atoms with van der Waals surface area (Å²) in [5.74, 6) is 0. The molecular weight excluding hydrogens is 166 g/mol. The van der Waals surface area contributed by atoms with Crippen LogP contribution in [0.3, 0.4) is 0 Å². The highest BCUT2D eigenvalue weighted by molar-refractivity contribution is 7.80. The van der Waals surface area contributed by atoms with Crippen LogP contribution >= 0.6 is 12.2 Å². The molecule has 2 heteroatoms. The molecule has 64 valence electrons. The molecule has 1 N–H and O–H groups in total. The normalized spacial score (nSPS) is 9.42. The maximum Gasteiger partial charge on any atom is 0.0797 e. The molecule has 0 saturated carbocycles. The Morgan fingerprint density at radius 1 is 1.33 bits per heavy atom. The minimum Gasteiger partial charge on any atom is -0.350 e. The molecule has 0 fully saturated rings. The molecule has 1 aromatic carbocycles. The van der Waals surface area contributed by atoms with Crippen molar-refractivity contribution in [2.24, 2.45) is 0 Å². The fourth-order valence-electron chi connectivity index (χ4n) is 0.972. The zero-order chi connectivity index (χ0) is 8.81. The molecule has 0 aliphatic carbocycles. The Morgan fingerprint density at radius 2 is 2.00 bits per heavy atom. The Bertz CT molecular complexity index is 243. The van der Waals surface area contributed by atoms with E-state index in [4.69, 9.17) is 12.2 Å². The van der Waals surface area contributed by atoms with E-state index in [2.05, 4.69) is 12.2 Å². The van der Waals surface area contributed by atoms with Gasteiger partial charge in [-0.05, 0) is 25.0 Å². The number of benzene rings is 1. The van der Waals surface area contributed by atoms with Gasteiger partial charge in [-0.15, -0.1) is 0 Å². The first-order valence-electron chi connectivity index (χ1n) is 4.18. The van der Waals surface area contributed by atoms with Crippen LogP contribution in [-0.4, -0.2) is 4.99 Å². The van der Waals surface area contributed by atoms with Crippen molar-refractivity contribution in [3.8, 4) is 0 Å². The summed E-state index contributed by atoms with van der Waals surface area (Å²) in [5, 5.41) is 3.17. The van der Waals surface area contributed by atoms with Crippen LogP contribution in [0.5, 0.6) is 0 Å². The number of nitrogens with one attached hydrogen (secondary N) is 1. The Labute approximate surface area is 78.8 Å². The summed E-state index contributed by atoms with van der Waals surface area (Å²) in [6, 6.07) is 10.0. The van der Waals surface area contributed by atoms with Crippen molar-refractivity contribution < 1.29 is 0 Å². The van der Waals surface area contributed by atoms with Crippen LogP contribution in [0.2, 0.25) is 0 Å². The smallest absolute Gasteiger partial charge is 0.0797 e.